The SMILES string of the molecule is CC[n+]1c(CC2C=C(C=C3Sc4ccccc4N3CCCS(=O)(=O)O)CCC2)sc2ccccc21. The van der Waals surface area contributed by atoms with E-state index in [0.717, 1.165) is 30.1 Å². The van der Waals surface area contributed by atoms with Gasteiger partial charge in [0.1, 0.15) is 11.2 Å². The van der Waals surface area contributed by atoms with Crippen LogP contribution in [0.15, 0.2) is 76.2 Å². The van der Waals surface area contributed by atoms with Crippen LogP contribution in [0, 0.1) is 5.92 Å². The van der Waals surface area contributed by atoms with Crippen LogP contribution >= 0.6 is 23.1 Å². The molecule has 1 aliphatic carbocycles. The fourth-order valence-corrected chi connectivity index (χ4v) is 8.06. The summed E-state index contributed by atoms with van der Waals surface area (Å²) in [5.41, 5.74) is 3.81. The molecule has 2 aliphatic rings. The Balaban J connectivity index is 1.37. The van der Waals surface area contributed by atoms with Crippen molar-refractivity contribution in [3.05, 3.63) is 76.3 Å². The number of nitrogens with zero attached hydrogens (tertiary/aromatic N) is 2. The van der Waals surface area contributed by atoms with Crippen LogP contribution in [0.4, 0.5) is 5.69 Å². The molecule has 0 saturated heterocycles. The van der Waals surface area contributed by atoms with Crippen molar-refractivity contribution in [1.29, 1.82) is 0 Å². The molecule has 3 aromatic rings. The van der Waals surface area contributed by atoms with E-state index in [4.69, 9.17) is 0 Å². The van der Waals surface area contributed by atoms with Crippen molar-refractivity contribution in [3.63, 3.8) is 0 Å². The Morgan fingerprint density at radius 3 is 2.80 bits per heavy atom. The van der Waals surface area contributed by atoms with Crippen LogP contribution in [-0.4, -0.2) is 25.3 Å². The Bertz CT molecular complexity index is 1390. The Hall–Kier alpha value is -2.13. The highest BCUT2D eigenvalue weighted by Gasteiger charge is 2.27. The second-order valence-electron chi connectivity index (χ2n) is 9.15. The number of fused-ring (bicyclic) bond motifs is 2. The predicted molar refractivity (Wildman–Crippen MR) is 146 cm³/mol. The van der Waals surface area contributed by atoms with Gasteiger partial charge in [0.2, 0.25) is 10.5 Å². The number of hydrogen-bond donors (Lipinski definition) is 1. The van der Waals surface area contributed by atoms with E-state index in [-0.39, 0.29) is 5.75 Å². The first-order valence-electron chi connectivity index (χ1n) is 12.2. The van der Waals surface area contributed by atoms with Crippen LogP contribution in [-0.2, 0) is 23.1 Å². The van der Waals surface area contributed by atoms with E-state index in [1.807, 2.05) is 23.5 Å². The molecule has 0 spiro atoms. The normalized spacial score (nSPS) is 19.4. The first kappa shape index (κ1) is 24.6. The number of para-hydroxylation sites is 2. The number of benzene rings is 2. The molecule has 35 heavy (non-hydrogen) atoms. The first-order chi connectivity index (χ1) is 16.9. The molecule has 0 amide bonds. The summed E-state index contributed by atoms with van der Waals surface area (Å²) < 4.78 is 35.5. The highest BCUT2D eigenvalue weighted by molar-refractivity contribution is 8.03. The average molecular weight is 528 g/mol. The number of allylic oxidation sites excluding steroid dienone is 3. The highest BCUT2D eigenvalue weighted by Crippen LogP contribution is 2.46. The van der Waals surface area contributed by atoms with Gasteiger partial charge in [-0.3, -0.25) is 4.55 Å². The molecule has 2 heterocycles. The summed E-state index contributed by atoms with van der Waals surface area (Å²) in [5, 5.41) is 2.58. The summed E-state index contributed by atoms with van der Waals surface area (Å²) in [6.07, 6.45) is 9.65. The lowest BCUT2D eigenvalue weighted by atomic mass is 9.88. The molecular formula is C27H31N2O3S3+. The van der Waals surface area contributed by atoms with Gasteiger partial charge in [0.15, 0.2) is 0 Å². The molecule has 184 valence electrons. The van der Waals surface area contributed by atoms with Gasteiger partial charge in [-0.25, -0.2) is 0 Å². The van der Waals surface area contributed by atoms with Gasteiger partial charge < -0.3 is 4.90 Å². The lowest BCUT2D eigenvalue weighted by Gasteiger charge is -2.22. The molecule has 1 aromatic heterocycles. The Morgan fingerprint density at radius 2 is 1.97 bits per heavy atom. The Kier molecular flexibility index (Phi) is 7.34. The summed E-state index contributed by atoms with van der Waals surface area (Å²) in [6, 6.07) is 16.9. The van der Waals surface area contributed by atoms with Gasteiger partial charge >= 0.3 is 0 Å². The summed E-state index contributed by atoms with van der Waals surface area (Å²) in [4.78, 5) is 3.39. The van der Waals surface area contributed by atoms with E-state index in [0.29, 0.717) is 18.9 Å². The molecule has 1 atom stereocenters. The largest absolute Gasteiger partial charge is 0.335 e. The summed E-state index contributed by atoms with van der Waals surface area (Å²) in [5.74, 6) is 0.296. The molecule has 0 saturated carbocycles. The molecule has 1 unspecified atom stereocenters. The van der Waals surface area contributed by atoms with Crippen LogP contribution in [0.2, 0.25) is 0 Å². The van der Waals surface area contributed by atoms with E-state index in [1.165, 1.54) is 38.5 Å². The van der Waals surface area contributed by atoms with Crippen molar-refractivity contribution >= 4 is 49.1 Å². The molecule has 5 nitrogen and oxygen atoms in total. The van der Waals surface area contributed by atoms with Gasteiger partial charge in [0.25, 0.3) is 10.1 Å². The molecular weight excluding hydrogens is 497 g/mol. The summed E-state index contributed by atoms with van der Waals surface area (Å²) in [6.45, 7) is 3.77. The van der Waals surface area contributed by atoms with Gasteiger partial charge in [0, 0.05) is 23.9 Å². The zero-order chi connectivity index (χ0) is 24.4. The highest BCUT2D eigenvalue weighted by atomic mass is 32.2. The number of aryl methyl sites for hydroxylation is 1. The van der Waals surface area contributed by atoms with Gasteiger partial charge in [0.05, 0.1) is 16.5 Å². The van der Waals surface area contributed by atoms with Crippen molar-refractivity contribution in [2.24, 2.45) is 5.92 Å². The minimum absolute atomic E-state index is 0.221. The quantitative estimate of drug-likeness (QED) is 0.279. The molecule has 8 heteroatoms. The molecule has 0 fully saturated rings. The third-order valence-corrected chi connectivity index (χ3v) is 9.76. The molecule has 5 rings (SSSR count). The van der Waals surface area contributed by atoms with E-state index >= 15 is 0 Å². The van der Waals surface area contributed by atoms with Crippen LogP contribution in [0.1, 0.15) is 37.6 Å². The summed E-state index contributed by atoms with van der Waals surface area (Å²) in [7, 11) is -3.96. The third kappa shape index (κ3) is 5.66. The van der Waals surface area contributed by atoms with Gasteiger partial charge in [-0.2, -0.15) is 13.0 Å². The Morgan fingerprint density at radius 1 is 1.17 bits per heavy atom. The maximum Gasteiger partial charge on any atom is 0.264 e. The second kappa shape index (κ2) is 10.5. The predicted octanol–water partition coefficient (Wildman–Crippen LogP) is 6.21. The van der Waals surface area contributed by atoms with Crippen molar-refractivity contribution in [2.75, 3.05) is 17.2 Å². The number of thiazole rings is 1. The van der Waals surface area contributed by atoms with Gasteiger partial charge in [-0.15, -0.1) is 0 Å². The van der Waals surface area contributed by atoms with Crippen molar-refractivity contribution in [1.82, 2.24) is 0 Å². The van der Waals surface area contributed by atoms with Crippen molar-refractivity contribution in [2.45, 2.75) is 50.5 Å². The van der Waals surface area contributed by atoms with Crippen LogP contribution in [0.25, 0.3) is 10.2 Å². The minimum Gasteiger partial charge on any atom is -0.335 e. The number of hydrogen-bond acceptors (Lipinski definition) is 5. The standard InChI is InChI=1S/C27H30N2O3S3/c1-2-28-22-11-3-5-13-24(22)33-26(28)18-20-9-7-10-21(17-20)19-27-29(15-8-16-35(30,31)32)23-12-4-6-14-25(23)34-27/h3-6,11-14,17,19-20H,2,7-10,15-16,18H2,1H3/p+1. The van der Waals surface area contributed by atoms with Gasteiger partial charge in [-0.05, 0) is 68.4 Å². The van der Waals surface area contributed by atoms with E-state index in [1.54, 1.807) is 11.8 Å². The van der Waals surface area contributed by atoms with E-state index in [9.17, 15) is 13.0 Å². The number of anilines is 1. The van der Waals surface area contributed by atoms with Crippen LogP contribution in [0.5, 0.6) is 0 Å². The molecule has 1 N–H and O–H groups in total. The van der Waals surface area contributed by atoms with Crippen molar-refractivity contribution in [3.8, 4) is 0 Å². The molecule has 1 aliphatic heterocycles. The number of aromatic nitrogens is 1. The molecule has 0 radical (unpaired) electrons. The van der Waals surface area contributed by atoms with Gasteiger partial charge in [-0.1, -0.05) is 53.4 Å². The van der Waals surface area contributed by atoms with Crippen molar-refractivity contribution < 1.29 is 17.5 Å². The lowest BCUT2D eigenvalue weighted by molar-refractivity contribution is -0.671. The second-order valence-corrected chi connectivity index (χ2v) is 12.9. The number of thioether (sulfide) groups is 1. The molecule has 2 aromatic carbocycles. The average Bonchev–Trinajstić information content (AvgIpc) is 3.35. The van der Waals surface area contributed by atoms with E-state index in [2.05, 4.69) is 64.9 Å². The fourth-order valence-electron chi connectivity index (χ4n) is 5.08. The lowest BCUT2D eigenvalue weighted by Crippen LogP contribution is -2.35. The Labute approximate surface area is 215 Å². The first-order valence-corrected chi connectivity index (χ1v) is 15.5. The molecule has 0 bridgehead atoms. The zero-order valence-corrected chi connectivity index (χ0v) is 22.3. The minimum atomic E-state index is -3.96. The zero-order valence-electron chi connectivity index (χ0n) is 19.9. The topological polar surface area (TPSA) is 61.5 Å². The van der Waals surface area contributed by atoms with Crippen LogP contribution in [0.3, 0.4) is 0 Å². The summed E-state index contributed by atoms with van der Waals surface area (Å²) >= 11 is 3.66. The monoisotopic (exact) mass is 527 g/mol. The maximum atomic E-state index is 11.2. The maximum absolute atomic E-state index is 11.2. The number of rotatable bonds is 8. The van der Waals surface area contributed by atoms with Crippen LogP contribution < -0.4 is 9.47 Å². The van der Waals surface area contributed by atoms with E-state index < -0.39 is 10.1 Å². The third-order valence-electron chi connectivity index (χ3n) is 6.66. The fraction of sp³-hybridized carbons (Fsp3) is 0.370. The smallest absolute Gasteiger partial charge is 0.264 e.